The van der Waals surface area contributed by atoms with Gasteiger partial charge in [-0.05, 0) is 79.4 Å². The standard InChI is InChI=1S/C30H32N4O4S.3ClH/c1-4-22-8-11-24(12-9-22)39(37,38)32-23-10-13-27-25(18-23)26(30(35)36)19-29(31-27)34-16-14-33(15-17-34)28-7-5-6-20(2)21(28)3;;;/h5-13,18-19,32H,4,14-17H2,1-3H3,(H,35,36);3*1H. The van der Waals surface area contributed by atoms with Crippen LogP contribution in [0.1, 0.15) is 34.0 Å². The zero-order valence-corrected chi connectivity index (χ0v) is 26.8. The number of anilines is 3. The van der Waals surface area contributed by atoms with Gasteiger partial charge in [-0.25, -0.2) is 18.2 Å². The summed E-state index contributed by atoms with van der Waals surface area (Å²) in [6, 6.07) is 19.4. The monoisotopic (exact) mass is 652 g/mol. The molecule has 2 N–H and O–H groups in total. The molecule has 3 aromatic carbocycles. The smallest absolute Gasteiger partial charge is 0.336 e. The second-order valence-electron chi connectivity index (χ2n) is 9.86. The van der Waals surface area contributed by atoms with Crippen LogP contribution in [0.3, 0.4) is 0 Å². The van der Waals surface area contributed by atoms with Crippen LogP contribution in [0.4, 0.5) is 17.2 Å². The van der Waals surface area contributed by atoms with Crippen LogP contribution in [0.5, 0.6) is 0 Å². The molecule has 226 valence electrons. The zero-order chi connectivity index (χ0) is 27.7. The van der Waals surface area contributed by atoms with E-state index in [-0.39, 0.29) is 53.4 Å². The SMILES string of the molecule is CCc1ccc(S(=O)(=O)Nc2ccc3nc(N4CCN(c5cccc(C)c5C)CC4)cc(C(=O)O)c3c2)cc1.Cl.Cl.Cl. The molecule has 0 saturated carbocycles. The predicted octanol–water partition coefficient (Wildman–Crippen LogP) is 6.51. The average molecular weight is 654 g/mol. The molecule has 1 aliphatic rings. The van der Waals surface area contributed by atoms with Crippen LogP contribution in [-0.2, 0) is 16.4 Å². The third-order valence-corrected chi connectivity index (χ3v) is 8.84. The van der Waals surface area contributed by atoms with Gasteiger partial charge >= 0.3 is 5.97 Å². The van der Waals surface area contributed by atoms with Gasteiger partial charge in [0.05, 0.1) is 16.0 Å². The van der Waals surface area contributed by atoms with Gasteiger partial charge in [0.25, 0.3) is 10.0 Å². The van der Waals surface area contributed by atoms with Crippen molar-refractivity contribution in [3.8, 4) is 0 Å². The Morgan fingerprint density at radius 3 is 2.17 bits per heavy atom. The molecule has 0 amide bonds. The van der Waals surface area contributed by atoms with Crippen molar-refractivity contribution in [1.29, 1.82) is 0 Å². The van der Waals surface area contributed by atoms with E-state index < -0.39 is 16.0 Å². The van der Waals surface area contributed by atoms with Crippen LogP contribution in [-0.4, -0.2) is 50.7 Å². The Bertz CT molecular complexity index is 1660. The largest absolute Gasteiger partial charge is 0.478 e. The molecule has 0 unspecified atom stereocenters. The Morgan fingerprint density at radius 2 is 1.55 bits per heavy atom. The minimum absolute atomic E-state index is 0. The predicted molar refractivity (Wildman–Crippen MR) is 177 cm³/mol. The van der Waals surface area contributed by atoms with Gasteiger partial charge in [-0.2, -0.15) is 0 Å². The molecule has 0 atom stereocenters. The maximum atomic E-state index is 12.9. The quantitative estimate of drug-likeness (QED) is 0.235. The summed E-state index contributed by atoms with van der Waals surface area (Å²) < 4.78 is 28.4. The minimum Gasteiger partial charge on any atom is -0.478 e. The number of carboxylic acids is 1. The molecule has 12 heteroatoms. The first kappa shape index (κ1) is 35.0. The molecule has 1 aromatic heterocycles. The lowest BCUT2D eigenvalue weighted by atomic mass is 10.1. The van der Waals surface area contributed by atoms with Gasteiger partial charge in [0.15, 0.2) is 0 Å². The first-order valence-electron chi connectivity index (χ1n) is 13.0. The van der Waals surface area contributed by atoms with E-state index in [0.717, 1.165) is 25.1 Å². The van der Waals surface area contributed by atoms with Gasteiger partial charge in [0, 0.05) is 42.9 Å². The first-order valence-corrected chi connectivity index (χ1v) is 14.5. The van der Waals surface area contributed by atoms with E-state index in [9.17, 15) is 18.3 Å². The Labute approximate surface area is 265 Å². The fourth-order valence-corrected chi connectivity index (χ4v) is 6.04. The lowest BCUT2D eigenvalue weighted by molar-refractivity contribution is 0.0699. The number of nitrogens with one attached hydrogen (secondary N) is 1. The topological polar surface area (TPSA) is 103 Å². The summed E-state index contributed by atoms with van der Waals surface area (Å²) in [6.07, 6.45) is 0.813. The van der Waals surface area contributed by atoms with Gasteiger partial charge in [-0.1, -0.05) is 31.2 Å². The molecule has 0 aliphatic carbocycles. The van der Waals surface area contributed by atoms with E-state index in [1.54, 1.807) is 42.5 Å². The van der Waals surface area contributed by atoms with E-state index in [1.807, 2.05) is 6.92 Å². The molecule has 1 saturated heterocycles. The highest BCUT2D eigenvalue weighted by Gasteiger charge is 2.23. The normalized spacial score (nSPS) is 13.0. The van der Waals surface area contributed by atoms with Crippen molar-refractivity contribution in [2.24, 2.45) is 0 Å². The van der Waals surface area contributed by atoms with E-state index in [0.29, 0.717) is 29.8 Å². The maximum Gasteiger partial charge on any atom is 0.336 e. The molecule has 2 heterocycles. The number of halogens is 3. The van der Waals surface area contributed by atoms with Crippen LogP contribution < -0.4 is 14.5 Å². The number of rotatable bonds is 7. The highest BCUT2D eigenvalue weighted by atomic mass is 35.5. The summed E-state index contributed by atoms with van der Waals surface area (Å²) in [4.78, 5) is 21.6. The number of pyridine rings is 1. The van der Waals surface area contributed by atoms with Crippen molar-refractivity contribution in [2.45, 2.75) is 32.1 Å². The summed E-state index contributed by atoms with van der Waals surface area (Å²) in [6.45, 7) is 9.26. The van der Waals surface area contributed by atoms with Crippen LogP contribution >= 0.6 is 37.2 Å². The number of hydrogen-bond acceptors (Lipinski definition) is 6. The number of fused-ring (bicyclic) bond motifs is 1. The third-order valence-electron chi connectivity index (χ3n) is 7.44. The molecule has 0 bridgehead atoms. The van der Waals surface area contributed by atoms with Crippen molar-refractivity contribution in [3.05, 3.63) is 89.0 Å². The second-order valence-corrected chi connectivity index (χ2v) is 11.5. The van der Waals surface area contributed by atoms with Gasteiger partial charge in [0.1, 0.15) is 5.82 Å². The van der Waals surface area contributed by atoms with E-state index in [4.69, 9.17) is 4.98 Å². The lowest BCUT2D eigenvalue weighted by Crippen LogP contribution is -2.47. The van der Waals surface area contributed by atoms with Crippen molar-refractivity contribution in [3.63, 3.8) is 0 Å². The highest BCUT2D eigenvalue weighted by Crippen LogP contribution is 2.29. The van der Waals surface area contributed by atoms with Crippen LogP contribution in [0.25, 0.3) is 10.9 Å². The molecule has 4 aromatic rings. The zero-order valence-electron chi connectivity index (χ0n) is 23.5. The number of nitrogens with zero attached hydrogens (tertiary/aromatic N) is 3. The summed E-state index contributed by atoms with van der Waals surface area (Å²) in [7, 11) is -3.83. The van der Waals surface area contributed by atoms with Crippen molar-refractivity contribution >= 4 is 81.3 Å². The molecule has 42 heavy (non-hydrogen) atoms. The second kappa shape index (κ2) is 14.3. The molecule has 0 spiro atoms. The number of sulfonamides is 1. The molecular weight excluding hydrogens is 619 g/mol. The Hall–Kier alpha value is -3.24. The number of carboxylic acid groups (broad SMARTS) is 1. The van der Waals surface area contributed by atoms with E-state index in [2.05, 4.69) is 46.6 Å². The van der Waals surface area contributed by atoms with Crippen LogP contribution in [0, 0.1) is 13.8 Å². The highest BCUT2D eigenvalue weighted by molar-refractivity contribution is 7.92. The Kier molecular flexibility index (Phi) is 11.9. The number of hydrogen-bond donors (Lipinski definition) is 2. The molecule has 1 fully saturated rings. The number of carbonyl (C=O) groups is 1. The van der Waals surface area contributed by atoms with Crippen LogP contribution in [0.2, 0.25) is 0 Å². The average Bonchev–Trinajstić information content (AvgIpc) is 2.94. The molecule has 1 aliphatic heterocycles. The molecule has 5 rings (SSSR count). The van der Waals surface area contributed by atoms with E-state index >= 15 is 0 Å². The molecular formula is C30H35Cl3N4O4S. The summed E-state index contributed by atoms with van der Waals surface area (Å²) in [5, 5.41) is 10.4. The maximum absolute atomic E-state index is 12.9. The first-order chi connectivity index (χ1) is 18.7. The van der Waals surface area contributed by atoms with Crippen molar-refractivity contribution in [2.75, 3.05) is 40.7 Å². The lowest BCUT2D eigenvalue weighted by Gasteiger charge is -2.37. The summed E-state index contributed by atoms with van der Waals surface area (Å²) in [5.41, 5.74) is 5.65. The van der Waals surface area contributed by atoms with E-state index in [1.165, 1.54) is 22.9 Å². The summed E-state index contributed by atoms with van der Waals surface area (Å²) >= 11 is 0. The fraction of sp³-hybridized carbons (Fsp3) is 0.267. The summed E-state index contributed by atoms with van der Waals surface area (Å²) in [5.74, 6) is -0.488. The molecule has 8 nitrogen and oxygen atoms in total. The minimum atomic E-state index is -3.83. The Morgan fingerprint density at radius 1 is 0.905 bits per heavy atom. The fourth-order valence-electron chi connectivity index (χ4n) is 4.99. The number of aromatic carboxylic acids is 1. The molecule has 0 radical (unpaired) electrons. The third kappa shape index (κ3) is 7.21. The van der Waals surface area contributed by atoms with Crippen molar-refractivity contribution in [1.82, 2.24) is 4.98 Å². The van der Waals surface area contributed by atoms with Gasteiger partial charge < -0.3 is 14.9 Å². The van der Waals surface area contributed by atoms with Crippen LogP contribution in [0.15, 0.2) is 71.6 Å². The number of aryl methyl sites for hydroxylation is 2. The van der Waals surface area contributed by atoms with Crippen molar-refractivity contribution < 1.29 is 18.3 Å². The van der Waals surface area contributed by atoms with Gasteiger partial charge in [0.2, 0.25) is 0 Å². The number of benzene rings is 3. The van der Waals surface area contributed by atoms with Gasteiger partial charge in [-0.15, -0.1) is 37.2 Å². The number of piperazine rings is 1. The van der Waals surface area contributed by atoms with Gasteiger partial charge in [-0.3, -0.25) is 4.72 Å². The number of aromatic nitrogens is 1. The Balaban J connectivity index is 0.00000205.